The molecule has 0 saturated carbocycles. The molecule has 2 aromatic heterocycles. The molecule has 3 heterocycles. The minimum atomic E-state index is 0.334. The summed E-state index contributed by atoms with van der Waals surface area (Å²) in [6, 6.07) is 12.5. The largest absolute Gasteiger partial charge is 0.424 e. The van der Waals surface area contributed by atoms with Crippen LogP contribution in [0.3, 0.4) is 0 Å². The summed E-state index contributed by atoms with van der Waals surface area (Å²) in [6.45, 7) is 3.61. The summed E-state index contributed by atoms with van der Waals surface area (Å²) < 4.78 is 11.6. The van der Waals surface area contributed by atoms with Crippen molar-refractivity contribution in [3.05, 3.63) is 70.7 Å². The van der Waals surface area contributed by atoms with Crippen molar-refractivity contribution in [1.82, 2.24) is 14.9 Å². The maximum atomic E-state index is 5.86. The fourth-order valence-electron chi connectivity index (χ4n) is 3.31. The number of benzene rings is 1. The van der Waals surface area contributed by atoms with Gasteiger partial charge in [-0.1, -0.05) is 12.1 Å². The Morgan fingerprint density at radius 1 is 1.11 bits per heavy atom. The molecule has 3 aromatic rings. The minimum absolute atomic E-state index is 0.334. The van der Waals surface area contributed by atoms with Crippen molar-refractivity contribution in [3.63, 3.8) is 0 Å². The molecule has 0 amide bonds. The minimum Gasteiger partial charge on any atom is -0.424 e. The Hall–Kier alpha value is -2.28. The predicted molar refractivity (Wildman–Crippen MR) is 106 cm³/mol. The van der Waals surface area contributed by atoms with E-state index in [-0.39, 0.29) is 0 Å². The lowest BCUT2D eigenvalue weighted by Crippen LogP contribution is -2.31. The summed E-state index contributed by atoms with van der Waals surface area (Å²) in [6.07, 6.45) is 6.00. The molecule has 1 aliphatic rings. The summed E-state index contributed by atoms with van der Waals surface area (Å²) in [7, 11) is 0. The van der Waals surface area contributed by atoms with Crippen molar-refractivity contribution in [2.75, 3.05) is 13.2 Å². The van der Waals surface area contributed by atoms with Crippen molar-refractivity contribution in [2.45, 2.75) is 32.0 Å². The highest BCUT2D eigenvalue weighted by Crippen LogP contribution is 2.22. The average molecular weight is 382 g/mol. The molecule has 6 heteroatoms. The molecule has 1 aromatic carbocycles. The second-order valence-corrected chi connectivity index (χ2v) is 7.50. The molecule has 1 saturated heterocycles. The molecule has 1 aliphatic heterocycles. The van der Waals surface area contributed by atoms with Gasteiger partial charge in [-0.2, -0.15) is 11.3 Å². The summed E-state index contributed by atoms with van der Waals surface area (Å²) >= 11 is 1.74. The van der Waals surface area contributed by atoms with Crippen LogP contribution in [0.1, 0.15) is 24.0 Å². The molecular weight excluding hydrogens is 358 g/mol. The monoisotopic (exact) mass is 381 g/mol. The first-order valence-corrected chi connectivity index (χ1v) is 10.2. The summed E-state index contributed by atoms with van der Waals surface area (Å²) in [5.74, 6) is 0.756. The third kappa shape index (κ3) is 5.35. The summed E-state index contributed by atoms with van der Waals surface area (Å²) in [4.78, 5) is 10.7. The molecule has 0 spiro atoms. The van der Waals surface area contributed by atoms with Crippen LogP contribution < -0.4 is 4.74 Å². The van der Waals surface area contributed by atoms with Gasteiger partial charge in [0.2, 0.25) is 0 Å². The van der Waals surface area contributed by atoms with Crippen LogP contribution in [0.5, 0.6) is 11.8 Å². The lowest BCUT2D eigenvalue weighted by atomic mass is 10.1. The zero-order valence-electron chi connectivity index (χ0n) is 15.2. The molecule has 1 fully saturated rings. The first kappa shape index (κ1) is 18.1. The van der Waals surface area contributed by atoms with Crippen molar-refractivity contribution in [1.29, 1.82) is 0 Å². The van der Waals surface area contributed by atoms with Crippen LogP contribution in [-0.2, 0) is 17.8 Å². The van der Waals surface area contributed by atoms with Gasteiger partial charge in [0.05, 0.1) is 6.10 Å². The molecule has 5 nitrogen and oxygen atoms in total. The summed E-state index contributed by atoms with van der Waals surface area (Å²) in [5, 5.41) is 4.35. The highest BCUT2D eigenvalue weighted by Gasteiger charge is 2.20. The Balaban J connectivity index is 1.45. The van der Waals surface area contributed by atoms with Gasteiger partial charge in [0, 0.05) is 38.6 Å². The van der Waals surface area contributed by atoms with Gasteiger partial charge in [-0.25, -0.2) is 9.97 Å². The van der Waals surface area contributed by atoms with Crippen LogP contribution in [0, 0.1) is 0 Å². The number of hydrogen-bond donors (Lipinski definition) is 0. The third-order valence-electron chi connectivity index (χ3n) is 4.53. The van der Waals surface area contributed by atoms with E-state index in [1.807, 2.05) is 12.1 Å². The molecule has 0 radical (unpaired) electrons. The predicted octanol–water partition coefficient (Wildman–Crippen LogP) is 4.51. The average Bonchev–Trinajstić information content (AvgIpc) is 3.37. The van der Waals surface area contributed by atoms with Crippen LogP contribution in [0.15, 0.2) is 59.6 Å². The van der Waals surface area contributed by atoms with E-state index in [4.69, 9.17) is 9.47 Å². The topological polar surface area (TPSA) is 47.5 Å². The first-order valence-electron chi connectivity index (χ1n) is 9.24. The zero-order valence-corrected chi connectivity index (χ0v) is 16.0. The van der Waals surface area contributed by atoms with Crippen LogP contribution in [0.25, 0.3) is 0 Å². The van der Waals surface area contributed by atoms with E-state index >= 15 is 0 Å². The van der Waals surface area contributed by atoms with E-state index in [1.54, 1.807) is 29.8 Å². The fraction of sp³-hybridized carbons (Fsp3) is 0.333. The first-order chi connectivity index (χ1) is 13.3. The Labute approximate surface area is 163 Å². The van der Waals surface area contributed by atoms with Crippen LogP contribution in [0.4, 0.5) is 0 Å². The number of rotatable bonds is 8. The maximum Gasteiger partial charge on any atom is 0.321 e. The van der Waals surface area contributed by atoms with Crippen molar-refractivity contribution in [2.24, 2.45) is 0 Å². The molecular formula is C21H23N3O2S. The van der Waals surface area contributed by atoms with Crippen LogP contribution in [-0.4, -0.2) is 34.1 Å². The van der Waals surface area contributed by atoms with Gasteiger partial charge in [-0.3, -0.25) is 4.90 Å². The Kier molecular flexibility index (Phi) is 6.09. The Morgan fingerprint density at radius 2 is 2.00 bits per heavy atom. The molecule has 4 rings (SSSR count). The number of ether oxygens (including phenoxy) is 2. The lowest BCUT2D eigenvalue weighted by molar-refractivity contribution is 0.0679. The quantitative estimate of drug-likeness (QED) is 0.574. The number of thiophene rings is 1. The molecule has 0 aliphatic carbocycles. The zero-order chi connectivity index (χ0) is 18.3. The van der Waals surface area contributed by atoms with Gasteiger partial charge in [-0.15, -0.1) is 0 Å². The van der Waals surface area contributed by atoms with E-state index in [1.165, 1.54) is 11.1 Å². The van der Waals surface area contributed by atoms with E-state index in [0.29, 0.717) is 12.1 Å². The van der Waals surface area contributed by atoms with Crippen LogP contribution in [0.2, 0.25) is 0 Å². The number of hydrogen-bond acceptors (Lipinski definition) is 6. The smallest absolute Gasteiger partial charge is 0.321 e. The third-order valence-corrected chi connectivity index (χ3v) is 5.26. The van der Waals surface area contributed by atoms with E-state index in [0.717, 1.165) is 44.8 Å². The molecule has 1 atom stereocenters. The highest BCUT2D eigenvalue weighted by atomic mass is 32.1. The fourth-order valence-corrected chi connectivity index (χ4v) is 3.97. The molecule has 0 bridgehead atoms. The highest BCUT2D eigenvalue weighted by molar-refractivity contribution is 7.07. The van der Waals surface area contributed by atoms with Gasteiger partial charge in [0.1, 0.15) is 5.75 Å². The maximum absolute atomic E-state index is 5.86. The van der Waals surface area contributed by atoms with E-state index in [9.17, 15) is 0 Å². The second kappa shape index (κ2) is 9.08. The molecule has 140 valence electrons. The molecule has 0 unspecified atom stereocenters. The van der Waals surface area contributed by atoms with Crippen molar-refractivity contribution >= 4 is 11.3 Å². The lowest BCUT2D eigenvalue weighted by Gasteiger charge is -2.25. The number of aromatic nitrogens is 2. The SMILES string of the molecule is c1cnc(Oc2cccc(CN(Cc3ccsc3)C[C@H]3CCCO3)c2)nc1. The van der Waals surface area contributed by atoms with Gasteiger partial charge >= 0.3 is 6.01 Å². The normalized spacial score (nSPS) is 16.7. The Bertz CT molecular complexity index is 820. The van der Waals surface area contributed by atoms with Gasteiger partial charge in [0.15, 0.2) is 0 Å². The van der Waals surface area contributed by atoms with Gasteiger partial charge in [0.25, 0.3) is 0 Å². The van der Waals surface area contributed by atoms with Gasteiger partial charge < -0.3 is 9.47 Å². The number of nitrogens with zero attached hydrogens (tertiary/aromatic N) is 3. The standard InChI is InChI=1S/C21H23N3O2S/c1-4-17(12-19(5-1)26-21-22-8-3-9-23-21)13-24(14-18-7-11-27-16-18)15-20-6-2-10-25-20/h1,3-5,7-9,11-12,16,20H,2,6,10,13-15H2/t20-/m1/s1. The second-order valence-electron chi connectivity index (χ2n) is 6.72. The van der Waals surface area contributed by atoms with E-state index < -0.39 is 0 Å². The summed E-state index contributed by atoms with van der Waals surface area (Å²) in [5.41, 5.74) is 2.56. The molecule has 27 heavy (non-hydrogen) atoms. The Morgan fingerprint density at radius 3 is 2.78 bits per heavy atom. The van der Waals surface area contributed by atoms with Crippen molar-refractivity contribution in [3.8, 4) is 11.8 Å². The van der Waals surface area contributed by atoms with Gasteiger partial charge in [-0.05, 0) is 59.0 Å². The van der Waals surface area contributed by atoms with E-state index in [2.05, 4.69) is 43.8 Å². The van der Waals surface area contributed by atoms with Crippen LogP contribution >= 0.6 is 11.3 Å². The van der Waals surface area contributed by atoms with Crippen molar-refractivity contribution < 1.29 is 9.47 Å². The molecule has 0 N–H and O–H groups in total.